The number of H-pyrrole nitrogens is 1. The first-order valence-corrected chi connectivity index (χ1v) is 6.05. The summed E-state index contributed by atoms with van der Waals surface area (Å²) in [6, 6.07) is 9.69. The predicted molar refractivity (Wildman–Crippen MR) is 72.9 cm³/mol. The van der Waals surface area contributed by atoms with Gasteiger partial charge in [-0.05, 0) is 12.1 Å². The third-order valence-electron chi connectivity index (χ3n) is 2.70. The Balaban J connectivity index is 2.26. The van der Waals surface area contributed by atoms with Crippen LogP contribution >= 0.6 is 11.3 Å². The van der Waals surface area contributed by atoms with E-state index in [0.29, 0.717) is 27.0 Å². The summed E-state index contributed by atoms with van der Waals surface area (Å²) >= 11 is 1.18. The molecule has 2 heterocycles. The maximum Gasteiger partial charge on any atom is 0.143 e. The number of hydrogen-bond donors (Lipinski definition) is 3. The molecule has 0 bridgehead atoms. The van der Waals surface area contributed by atoms with Crippen LogP contribution in [0.15, 0.2) is 24.3 Å². The molecule has 0 atom stereocenters. The highest BCUT2D eigenvalue weighted by Crippen LogP contribution is 2.39. The average Bonchev–Trinajstić information content (AvgIpc) is 2.89. The number of nitrogen functional groups attached to an aromatic ring is 2. The van der Waals surface area contributed by atoms with Gasteiger partial charge in [-0.3, -0.25) is 0 Å². The van der Waals surface area contributed by atoms with Crippen LogP contribution in [-0.2, 0) is 0 Å². The Morgan fingerprint density at radius 2 is 2.06 bits per heavy atom. The van der Waals surface area contributed by atoms with Gasteiger partial charge in [0.2, 0.25) is 0 Å². The van der Waals surface area contributed by atoms with Crippen molar-refractivity contribution >= 4 is 33.1 Å². The van der Waals surface area contributed by atoms with E-state index in [1.54, 1.807) is 0 Å². The van der Waals surface area contributed by atoms with Crippen molar-refractivity contribution in [3.05, 3.63) is 29.1 Å². The van der Waals surface area contributed by atoms with Crippen LogP contribution in [0, 0.1) is 11.3 Å². The number of benzene rings is 1. The SMILES string of the molecule is N#Cc1sc(N)c(-c2nc3ccccc3[nH]2)c1N. The van der Waals surface area contributed by atoms with Crippen molar-refractivity contribution in [3.63, 3.8) is 0 Å². The Morgan fingerprint density at radius 3 is 2.72 bits per heavy atom. The zero-order valence-electron chi connectivity index (χ0n) is 9.27. The molecule has 5 N–H and O–H groups in total. The number of anilines is 2. The summed E-state index contributed by atoms with van der Waals surface area (Å²) in [5, 5.41) is 9.44. The van der Waals surface area contributed by atoms with E-state index in [1.165, 1.54) is 11.3 Å². The Kier molecular flexibility index (Phi) is 2.21. The van der Waals surface area contributed by atoms with Crippen molar-refractivity contribution in [3.8, 4) is 17.5 Å². The Hall–Kier alpha value is -2.52. The van der Waals surface area contributed by atoms with Gasteiger partial charge in [-0.15, -0.1) is 11.3 Å². The second kappa shape index (κ2) is 3.75. The van der Waals surface area contributed by atoms with Gasteiger partial charge < -0.3 is 16.5 Å². The number of aromatic nitrogens is 2. The van der Waals surface area contributed by atoms with Gasteiger partial charge in [0.15, 0.2) is 0 Å². The monoisotopic (exact) mass is 255 g/mol. The molecular formula is C12H9N5S. The van der Waals surface area contributed by atoms with E-state index in [2.05, 4.69) is 9.97 Å². The molecule has 2 aromatic heterocycles. The van der Waals surface area contributed by atoms with Crippen LogP contribution in [0.5, 0.6) is 0 Å². The average molecular weight is 255 g/mol. The third kappa shape index (κ3) is 1.42. The summed E-state index contributed by atoms with van der Waals surface area (Å²) < 4.78 is 0. The van der Waals surface area contributed by atoms with Gasteiger partial charge in [0, 0.05) is 0 Å². The standard InChI is InChI=1S/C12H9N5S/c13-5-8-10(14)9(11(15)18-8)12-16-6-3-1-2-4-7(6)17-12/h1-4H,14-15H2,(H,16,17). The first-order chi connectivity index (χ1) is 8.70. The maximum atomic E-state index is 8.94. The number of nitrogens with zero attached hydrogens (tertiary/aromatic N) is 2. The summed E-state index contributed by atoms with van der Waals surface area (Å²) in [7, 11) is 0. The minimum Gasteiger partial charge on any atom is -0.396 e. The van der Waals surface area contributed by atoms with Gasteiger partial charge in [-0.2, -0.15) is 5.26 Å². The maximum absolute atomic E-state index is 8.94. The fourth-order valence-corrected chi connectivity index (χ4v) is 2.65. The van der Waals surface area contributed by atoms with Gasteiger partial charge in [0.05, 0.1) is 22.3 Å². The summed E-state index contributed by atoms with van der Waals surface area (Å²) in [6.45, 7) is 0. The number of nitriles is 1. The lowest BCUT2D eigenvalue weighted by molar-refractivity contribution is 1.35. The Morgan fingerprint density at radius 1 is 1.28 bits per heavy atom. The molecule has 0 aliphatic carbocycles. The molecule has 5 nitrogen and oxygen atoms in total. The van der Waals surface area contributed by atoms with E-state index < -0.39 is 0 Å². The summed E-state index contributed by atoms with van der Waals surface area (Å²) in [5.41, 5.74) is 14.6. The molecule has 0 amide bonds. The van der Waals surface area contributed by atoms with E-state index in [0.717, 1.165) is 11.0 Å². The van der Waals surface area contributed by atoms with E-state index in [1.807, 2.05) is 30.3 Å². The lowest BCUT2D eigenvalue weighted by Crippen LogP contribution is -1.92. The molecule has 0 saturated carbocycles. The fourth-order valence-electron chi connectivity index (χ4n) is 1.86. The number of aromatic amines is 1. The Labute approximate surface area is 107 Å². The van der Waals surface area contributed by atoms with Gasteiger partial charge in [0.25, 0.3) is 0 Å². The van der Waals surface area contributed by atoms with Crippen molar-refractivity contribution in [1.29, 1.82) is 5.26 Å². The lowest BCUT2D eigenvalue weighted by atomic mass is 10.2. The second-order valence-electron chi connectivity index (χ2n) is 3.80. The minimum atomic E-state index is 0.388. The topological polar surface area (TPSA) is 105 Å². The normalized spacial score (nSPS) is 10.6. The molecule has 88 valence electrons. The molecule has 0 spiro atoms. The number of nitrogens with one attached hydrogen (secondary N) is 1. The van der Waals surface area contributed by atoms with E-state index >= 15 is 0 Å². The second-order valence-corrected chi connectivity index (χ2v) is 4.85. The highest BCUT2D eigenvalue weighted by Gasteiger charge is 2.18. The zero-order valence-corrected chi connectivity index (χ0v) is 10.1. The molecule has 0 aliphatic heterocycles. The smallest absolute Gasteiger partial charge is 0.143 e. The van der Waals surface area contributed by atoms with Crippen LogP contribution in [0.25, 0.3) is 22.4 Å². The number of fused-ring (bicyclic) bond motifs is 1. The van der Waals surface area contributed by atoms with Crippen LogP contribution in [-0.4, -0.2) is 9.97 Å². The lowest BCUT2D eigenvalue weighted by Gasteiger charge is -1.96. The number of thiophene rings is 1. The number of rotatable bonds is 1. The largest absolute Gasteiger partial charge is 0.396 e. The van der Waals surface area contributed by atoms with Crippen LogP contribution in [0.2, 0.25) is 0 Å². The molecule has 0 radical (unpaired) electrons. The molecule has 3 aromatic rings. The first-order valence-electron chi connectivity index (χ1n) is 5.23. The summed E-state index contributed by atoms with van der Waals surface area (Å²) in [4.78, 5) is 8.01. The number of nitrogens with two attached hydrogens (primary N) is 2. The molecule has 3 rings (SSSR count). The van der Waals surface area contributed by atoms with E-state index in [-0.39, 0.29) is 0 Å². The van der Waals surface area contributed by atoms with Crippen LogP contribution < -0.4 is 11.5 Å². The van der Waals surface area contributed by atoms with Crippen molar-refractivity contribution < 1.29 is 0 Å². The van der Waals surface area contributed by atoms with Crippen molar-refractivity contribution in [2.45, 2.75) is 0 Å². The number of imidazole rings is 1. The van der Waals surface area contributed by atoms with Crippen molar-refractivity contribution in [2.24, 2.45) is 0 Å². The van der Waals surface area contributed by atoms with Crippen LogP contribution in [0.3, 0.4) is 0 Å². The van der Waals surface area contributed by atoms with E-state index in [9.17, 15) is 0 Å². The molecule has 18 heavy (non-hydrogen) atoms. The highest BCUT2D eigenvalue weighted by molar-refractivity contribution is 7.17. The van der Waals surface area contributed by atoms with Gasteiger partial charge >= 0.3 is 0 Å². The zero-order chi connectivity index (χ0) is 12.7. The molecule has 0 fully saturated rings. The minimum absolute atomic E-state index is 0.388. The highest BCUT2D eigenvalue weighted by atomic mass is 32.1. The number of para-hydroxylation sites is 2. The molecule has 6 heteroatoms. The van der Waals surface area contributed by atoms with Crippen LogP contribution in [0.4, 0.5) is 10.7 Å². The molecular weight excluding hydrogens is 246 g/mol. The summed E-state index contributed by atoms with van der Waals surface area (Å²) in [6.07, 6.45) is 0. The van der Waals surface area contributed by atoms with Gasteiger partial charge in [0.1, 0.15) is 21.8 Å². The quantitative estimate of drug-likeness (QED) is 0.620. The van der Waals surface area contributed by atoms with Crippen LogP contribution in [0.1, 0.15) is 4.88 Å². The molecule has 0 saturated heterocycles. The molecule has 0 aliphatic rings. The van der Waals surface area contributed by atoms with Crippen molar-refractivity contribution in [2.75, 3.05) is 11.5 Å². The Bertz CT molecular complexity index is 744. The van der Waals surface area contributed by atoms with Crippen molar-refractivity contribution in [1.82, 2.24) is 9.97 Å². The van der Waals surface area contributed by atoms with Gasteiger partial charge in [-0.25, -0.2) is 4.98 Å². The predicted octanol–water partition coefficient (Wildman–Crippen LogP) is 2.33. The fraction of sp³-hybridized carbons (Fsp3) is 0. The first kappa shape index (κ1) is 10.6. The van der Waals surface area contributed by atoms with Gasteiger partial charge in [-0.1, -0.05) is 12.1 Å². The molecule has 1 aromatic carbocycles. The number of hydrogen-bond acceptors (Lipinski definition) is 5. The summed E-state index contributed by atoms with van der Waals surface area (Å²) in [5.74, 6) is 0.601. The molecule has 0 unspecified atom stereocenters. The third-order valence-corrected chi connectivity index (χ3v) is 3.64. The van der Waals surface area contributed by atoms with E-state index in [4.69, 9.17) is 16.7 Å².